The van der Waals surface area contributed by atoms with E-state index in [0.717, 1.165) is 10.0 Å². The molecule has 1 aliphatic carbocycles. The van der Waals surface area contributed by atoms with Crippen LogP contribution in [0.15, 0.2) is 39.3 Å². The topological polar surface area (TPSA) is 54.5 Å². The summed E-state index contributed by atoms with van der Waals surface area (Å²) in [5, 5.41) is 0. The number of benzene rings is 1. The number of sulfone groups is 1. The van der Waals surface area contributed by atoms with Gasteiger partial charge in [-0.15, -0.1) is 0 Å². The summed E-state index contributed by atoms with van der Waals surface area (Å²) < 4.78 is 25.1. The quantitative estimate of drug-likeness (QED) is 0.603. The van der Waals surface area contributed by atoms with Crippen molar-refractivity contribution in [1.82, 2.24) is 4.90 Å². The van der Waals surface area contributed by atoms with Crippen molar-refractivity contribution in [2.24, 2.45) is 17.3 Å². The zero-order valence-corrected chi connectivity index (χ0v) is 19.1. The van der Waals surface area contributed by atoms with Gasteiger partial charge in [0.2, 0.25) is 5.91 Å². The van der Waals surface area contributed by atoms with Gasteiger partial charge >= 0.3 is 0 Å². The molecule has 1 heterocycles. The van der Waals surface area contributed by atoms with E-state index in [2.05, 4.69) is 15.9 Å². The van der Waals surface area contributed by atoms with Crippen LogP contribution in [0.4, 0.5) is 0 Å². The largest absolute Gasteiger partial charge is 0.334 e. The summed E-state index contributed by atoms with van der Waals surface area (Å²) in [5.41, 5.74) is 0.710. The highest BCUT2D eigenvalue weighted by atomic mass is 79.9. The predicted octanol–water partition coefficient (Wildman–Crippen LogP) is 4.56. The molecule has 1 amide bonds. The van der Waals surface area contributed by atoms with Gasteiger partial charge in [0.1, 0.15) is 4.49 Å². The fourth-order valence-electron chi connectivity index (χ4n) is 4.01. The summed E-state index contributed by atoms with van der Waals surface area (Å²) in [6.07, 6.45) is 2.19. The Morgan fingerprint density at radius 1 is 1.37 bits per heavy atom. The van der Waals surface area contributed by atoms with Crippen LogP contribution in [-0.4, -0.2) is 36.8 Å². The number of carbonyl (C=O) groups excluding carboxylic acids is 1. The van der Waals surface area contributed by atoms with Crippen molar-refractivity contribution in [3.8, 4) is 0 Å². The second-order valence-corrected chi connectivity index (χ2v) is 12.1. The Morgan fingerprint density at radius 3 is 2.63 bits per heavy atom. The minimum absolute atomic E-state index is 0.0245. The van der Waals surface area contributed by atoms with Crippen molar-refractivity contribution in [3.05, 3.63) is 44.9 Å². The first kappa shape index (κ1) is 21.2. The van der Waals surface area contributed by atoms with Gasteiger partial charge in [0.05, 0.1) is 17.4 Å². The van der Waals surface area contributed by atoms with Crippen molar-refractivity contribution in [3.63, 3.8) is 0 Å². The Bertz CT molecular complexity index is 881. The van der Waals surface area contributed by atoms with Crippen LogP contribution >= 0.6 is 39.1 Å². The van der Waals surface area contributed by atoms with Gasteiger partial charge in [0.15, 0.2) is 9.84 Å². The van der Waals surface area contributed by atoms with Gasteiger partial charge in [-0.1, -0.05) is 65.1 Å². The molecule has 3 rings (SSSR count). The van der Waals surface area contributed by atoms with Crippen LogP contribution in [0, 0.1) is 17.3 Å². The average Bonchev–Trinajstić information content (AvgIpc) is 2.88. The van der Waals surface area contributed by atoms with Crippen LogP contribution in [-0.2, 0) is 21.2 Å². The number of hydrogen-bond donors (Lipinski definition) is 0. The SMILES string of the molecule is CC1(C)[C@H](C=C(Cl)Cl)[C@@H]1C(=O)N(Cc1cccc(Br)c1)[C@H]1CCS(=O)(=O)C1. The van der Waals surface area contributed by atoms with Crippen LogP contribution in [0.25, 0.3) is 0 Å². The lowest BCUT2D eigenvalue weighted by Gasteiger charge is -2.29. The van der Waals surface area contributed by atoms with E-state index in [9.17, 15) is 13.2 Å². The molecule has 1 aromatic rings. The summed E-state index contributed by atoms with van der Waals surface area (Å²) in [5.74, 6) is -0.169. The maximum atomic E-state index is 13.4. The summed E-state index contributed by atoms with van der Waals surface area (Å²) >= 11 is 15.1. The fourth-order valence-corrected chi connectivity index (χ4v) is 6.46. The first-order chi connectivity index (χ1) is 12.5. The monoisotopic (exact) mass is 493 g/mol. The Labute approximate surface area is 178 Å². The second kappa shape index (κ2) is 7.69. The van der Waals surface area contributed by atoms with Gasteiger partial charge in [-0.2, -0.15) is 0 Å². The average molecular weight is 495 g/mol. The lowest BCUT2D eigenvalue weighted by Crippen LogP contribution is -2.42. The van der Waals surface area contributed by atoms with Gasteiger partial charge in [0.25, 0.3) is 0 Å². The van der Waals surface area contributed by atoms with E-state index in [4.69, 9.17) is 23.2 Å². The number of carbonyl (C=O) groups is 1. The van der Waals surface area contributed by atoms with Gasteiger partial charge in [0, 0.05) is 17.1 Å². The Kier molecular flexibility index (Phi) is 6.03. The van der Waals surface area contributed by atoms with E-state index in [-0.39, 0.29) is 45.2 Å². The second-order valence-electron chi connectivity index (χ2n) is 7.93. The van der Waals surface area contributed by atoms with Gasteiger partial charge in [-0.05, 0) is 41.5 Å². The van der Waals surface area contributed by atoms with E-state index in [0.29, 0.717) is 13.0 Å². The lowest BCUT2D eigenvalue weighted by atomic mass is 10.1. The number of halogens is 3. The molecule has 0 N–H and O–H groups in total. The van der Waals surface area contributed by atoms with Crippen molar-refractivity contribution in [2.75, 3.05) is 11.5 Å². The molecule has 27 heavy (non-hydrogen) atoms. The molecule has 148 valence electrons. The lowest BCUT2D eigenvalue weighted by molar-refractivity contribution is -0.136. The van der Waals surface area contributed by atoms with E-state index in [1.54, 1.807) is 11.0 Å². The highest BCUT2D eigenvalue weighted by Gasteiger charge is 2.62. The summed E-state index contributed by atoms with van der Waals surface area (Å²) in [4.78, 5) is 15.1. The molecule has 1 aromatic carbocycles. The molecule has 8 heteroatoms. The molecule has 3 atom stereocenters. The summed E-state index contributed by atoms with van der Waals surface area (Å²) in [6.45, 7) is 4.41. The first-order valence-electron chi connectivity index (χ1n) is 8.79. The maximum absolute atomic E-state index is 13.4. The molecule has 0 spiro atoms. The smallest absolute Gasteiger partial charge is 0.227 e. The number of rotatable bonds is 5. The number of allylic oxidation sites excluding steroid dienone is 1. The molecule has 0 aromatic heterocycles. The minimum Gasteiger partial charge on any atom is -0.334 e. The third-order valence-electron chi connectivity index (χ3n) is 5.66. The van der Waals surface area contributed by atoms with Crippen molar-refractivity contribution >= 4 is 54.9 Å². The zero-order chi connectivity index (χ0) is 20.0. The molecule has 1 saturated carbocycles. The van der Waals surface area contributed by atoms with Crippen LogP contribution in [0.5, 0.6) is 0 Å². The Morgan fingerprint density at radius 2 is 2.07 bits per heavy atom. The van der Waals surface area contributed by atoms with E-state index >= 15 is 0 Å². The molecule has 2 fully saturated rings. The zero-order valence-electron chi connectivity index (χ0n) is 15.2. The molecule has 1 aliphatic heterocycles. The molecule has 0 bridgehead atoms. The maximum Gasteiger partial charge on any atom is 0.227 e. The van der Waals surface area contributed by atoms with Crippen molar-refractivity contribution in [2.45, 2.75) is 32.9 Å². The Hall–Kier alpha value is -0.560. The molecular weight excluding hydrogens is 473 g/mol. The number of amides is 1. The van der Waals surface area contributed by atoms with Crippen molar-refractivity contribution in [1.29, 1.82) is 0 Å². The molecule has 0 unspecified atom stereocenters. The number of hydrogen-bond acceptors (Lipinski definition) is 3. The third kappa shape index (κ3) is 4.72. The fraction of sp³-hybridized carbons (Fsp3) is 0.526. The van der Waals surface area contributed by atoms with Gasteiger partial charge in [-0.3, -0.25) is 4.79 Å². The standard InChI is InChI=1S/C19H22BrCl2NO3S/c1-19(2)15(9-16(21)22)17(19)18(24)23(14-6-7-27(25,26)11-14)10-12-4-3-5-13(20)8-12/h3-5,8-9,14-15,17H,6-7,10-11H2,1-2H3/t14-,15+,17+/m0/s1. The summed E-state index contributed by atoms with van der Waals surface area (Å²) in [6, 6.07) is 7.43. The normalized spacial score (nSPS) is 27.8. The van der Waals surface area contributed by atoms with Crippen LogP contribution in [0.3, 0.4) is 0 Å². The van der Waals surface area contributed by atoms with E-state index < -0.39 is 9.84 Å². The molecular formula is C19H22BrCl2NO3S. The molecule has 1 saturated heterocycles. The van der Waals surface area contributed by atoms with Gasteiger partial charge < -0.3 is 4.90 Å². The van der Waals surface area contributed by atoms with E-state index in [1.165, 1.54) is 0 Å². The molecule has 2 aliphatic rings. The van der Waals surface area contributed by atoms with Gasteiger partial charge in [-0.25, -0.2) is 8.42 Å². The third-order valence-corrected chi connectivity index (χ3v) is 8.15. The highest BCUT2D eigenvalue weighted by Crippen LogP contribution is 2.60. The van der Waals surface area contributed by atoms with Crippen molar-refractivity contribution < 1.29 is 13.2 Å². The van der Waals surface area contributed by atoms with E-state index in [1.807, 2.05) is 38.1 Å². The summed E-state index contributed by atoms with van der Waals surface area (Å²) in [7, 11) is -3.10. The highest BCUT2D eigenvalue weighted by molar-refractivity contribution is 9.10. The van der Waals surface area contributed by atoms with Crippen LogP contribution in [0.1, 0.15) is 25.8 Å². The number of nitrogens with zero attached hydrogens (tertiary/aromatic N) is 1. The minimum atomic E-state index is -3.10. The predicted molar refractivity (Wildman–Crippen MR) is 112 cm³/mol. The van der Waals surface area contributed by atoms with Crippen LogP contribution in [0.2, 0.25) is 0 Å². The first-order valence-corrected chi connectivity index (χ1v) is 12.2. The molecule has 0 radical (unpaired) electrons. The Balaban J connectivity index is 1.88. The molecule has 4 nitrogen and oxygen atoms in total. The van der Waals surface area contributed by atoms with Crippen LogP contribution < -0.4 is 0 Å².